The lowest BCUT2D eigenvalue weighted by Crippen LogP contribution is -2.11. The molecule has 2 aromatic rings. The van der Waals surface area contributed by atoms with Crippen LogP contribution in [0.1, 0.15) is 5.69 Å². The van der Waals surface area contributed by atoms with Gasteiger partial charge in [-0.25, -0.2) is 4.98 Å². The number of hydrogen-bond acceptors (Lipinski definition) is 3. The Morgan fingerprint density at radius 2 is 2.31 bits per heavy atom. The maximum absolute atomic E-state index is 7.21. The summed E-state index contributed by atoms with van der Waals surface area (Å²) in [5.41, 5.74) is 6.42. The first kappa shape index (κ1) is 9.47. The van der Waals surface area contributed by atoms with Crippen molar-refractivity contribution in [3.63, 3.8) is 0 Å². The van der Waals surface area contributed by atoms with Crippen LogP contribution in [0.5, 0.6) is 0 Å². The fraction of sp³-hybridized carbons (Fsp3) is 0. The van der Waals surface area contributed by atoms with Crippen LogP contribution in [0.25, 0.3) is 11.0 Å². The number of amidine groups is 1. The number of nitrogens with one attached hydrogen (secondary N) is 2. The van der Waals surface area contributed by atoms with E-state index in [1.165, 1.54) is 0 Å². The molecule has 0 aliphatic heterocycles. The Morgan fingerprint density at radius 3 is 3.00 bits per heavy atom. The Labute approximate surface area is 80.3 Å². The van der Waals surface area contributed by atoms with Crippen LogP contribution < -0.4 is 5.73 Å². The number of H-pyrrole nitrogens is 1. The monoisotopic (exact) mass is 197 g/mol. The highest BCUT2D eigenvalue weighted by molar-refractivity contribution is 6.04. The van der Waals surface area contributed by atoms with E-state index in [0.717, 1.165) is 5.39 Å². The molecule has 0 spiro atoms. The molecule has 2 rings (SSSR count). The molecular weight excluding hydrogens is 190 g/mol. The third-order valence-corrected chi connectivity index (χ3v) is 1.60. The third-order valence-electron chi connectivity index (χ3n) is 1.60. The number of pyridine rings is 1. The molecule has 5 nitrogen and oxygen atoms in total. The summed E-state index contributed by atoms with van der Waals surface area (Å²) in [4.78, 5) is 3.99. The highest BCUT2D eigenvalue weighted by atomic mass is 35.5. The van der Waals surface area contributed by atoms with E-state index in [2.05, 4.69) is 15.2 Å². The van der Waals surface area contributed by atoms with Crippen molar-refractivity contribution in [2.75, 3.05) is 0 Å². The summed E-state index contributed by atoms with van der Waals surface area (Å²) in [7, 11) is 0. The zero-order valence-corrected chi connectivity index (χ0v) is 7.43. The van der Waals surface area contributed by atoms with Crippen molar-refractivity contribution in [2.45, 2.75) is 0 Å². The molecule has 0 amide bonds. The number of nitrogens with two attached hydrogens (primary N) is 1. The van der Waals surface area contributed by atoms with Gasteiger partial charge in [0, 0.05) is 11.6 Å². The van der Waals surface area contributed by atoms with Gasteiger partial charge in [-0.15, -0.1) is 12.4 Å². The molecule has 0 unspecified atom stereocenters. The number of aromatic amines is 1. The quantitative estimate of drug-likeness (QED) is 0.463. The van der Waals surface area contributed by atoms with Crippen molar-refractivity contribution in [1.29, 1.82) is 5.41 Å². The maximum atomic E-state index is 7.21. The van der Waals surface area contributed by atoms with Gasteiger partial charge in [-0.1, -0.05) is 0 Å². The molecule has 0 fully saturated rings. The summed E-state index contributed by atoms with van der Waals surface area (Å²) in [6, 6.07) is 3.60. The SMILES string of the molecule is Cl.N=C(N)c1[nH]nc2ncccc12. The molecule has 0 atom stereocenters. The van der Waals surface area contributed by atoms with E-state index in [1.54, 1.807) is 12.3 Å². The standard InChI is InChI=1S/C7H7N5.ClH/c8-6(9)5-4-2-1-3-10-7(4)12-11-5;/h1-3H,(H3,8,9)(H,10,11,12);1H. The minimum atomic E-state index is -0.0227. The fourth-order valence-corrected chi connectivity index (χ4v) is 1.06. The molecule has 0 radical (unpaired) electrons. The second-order valence-electron chi connectivity index (χ2n) is 2.39. The van der Waals surface area contributed by atoms with Crippen LogP contribution in [-0.4, -0.2) is 21.0 Å². The molecule has 0 saturated heterocycles. The van der Waals surface area contributed by atoms with Crippen molar-refractivity contribution in [1.82, 2.24) is 15.2 Å². The van der Waals surface area contributed by atoms with Crippen molar-refractivity contribution >= 4 is 29.3 Å². The average Bonchev–Trinajstić information content (AvgIpc) is 2.47. The van der Waals surface area contributed by atoms with Crippen molar-refractivity contribution in [3.8, 4) is 0 Å². The molecule has 2 aromatic heterocycles. The number of rotatable bonds is 1. The number of hydrogen-bond donors (Lipinski definition) is 3. The van der Waals surface area contributed by atoms with Gasteiger partial charge in [0.25, 0.3) is 0 Å². The van der Waals surface area contributed by atoms with Crippen LogP contribution in [0.15, 0.2) is 18.3 Å². The van der Waals surface area contributed by atoms with E-state index in [1.807, 2.05) is 6.07 Å². The number of aromatic nitrogens is 3. The van der Waals surface area contributed by atoms with E-state index in [0.29, 0.717) is 11.3 Å². The lowest BCUT2D eigenvalue weighted by atomic mass is 10.2. The Bertz CT molecular complexity index is 435. The summed E-state index contributed by atoms with van der Waals surface area (Å²) in [5.74, 6) is -0.0227. The van der Waals surface area contributed by atoms with Gasteiger partial charge >= 0.3 is 0 Å². The summed E-state index contributed by atoms with van der Waals surface area (Å²) in [6.07, 6.45) is 1.65. The van der Waals surface area contributed by atoms with Gasteiger partial charge in [0.1, 0.15) is 11.5 Å². The summed E-state index contributed by atoms with van der Waals surface area (Å²) < 4.78 is 0. The molecule has 0 aliphatic carbocycles. The zero-order chi connectivity index (χ0) is 8.55. The number of nitrogens with zero attached hydrogens (tertiary/aromatic N) is 2. The van der Waals surface area contributed by atoms with Gasteiger partial charge in [0.15, 0.2) is 5.65 Å². The van der Waals surface area contributed by atoms with Crippen LogP contribution in [0.2, 0.25) is 0 Å². The van der Waals surface area contributed by atoms with E-state index < -0.39 is 0 Å². The highest BCUT2D eigenvalue weighted by Crippen LogP contribution is 2.11. The maximum Gasteiger partial charge on any atom is 0.181 e. The molecule has 13 heavy (non-hydrogen) atoms. The van der Waals surface area contributed by atoms with Gasteiger partial charge in [0.05, 0.1) is 0 Å². The number of halogens is 1. The average molecular weight is 198 g/mol. The molecule has 6 heteroatoms. The lowest BCUT2D eigenvalue weighted by Gasteiger charge is -1.91. The Morgan fingerprint density at radius 1 is 1.54 bits per heavy atom. The van der Waals surface area contributed by atoms with E-state index >= 15 is 0 Å². The minimum Gasteiger partial charge on any atom is -0.382 e. The Balaban J connectivity index is 0.000000845. The molecule has 68 valence electrons. The van der Waals surface area contributed by atoms with Crippen molar-refractivity contribution in [3.05, 3.63) is 24.0 Å². The smallest absolute Gasteiger partial charge is 0.181 e. The van der Waals surface area contributed by atoms with Crippen molar-refractivity contribution < 1.29 is 0 Å². The molecule has 0 saturated carbocycles. The second-order valence-corrected chi connectivity index (χ2v) is 2.39. The first-order valence-corrected chi connectivity index (χ1v) is 3.42. The van der Waals surface area contributed by atoms with E-state index in [-0.39, 0.29) is 18.2 Å². The van der Waals surface area contributed by atoms with Crippen molar-refractivity contribution in [2.24, 2.45) is 5.73 Å². The van der Waals surface area contributed by atoms with Gasteiger partial charge in [-0.05, 0) is 12.1 Å². The first-order valence-electron chi connectivity index (χ1n) is 3.42. The molecule has 4 N–H and O–H groups in total. The van der Waals surface area contributed by atoms with Crippen LogP contribution in [0, 0.1) is 5.41 Å². The molecule has 2 heterocycles. The third kappa shape index (κ3) is 1.46. The minimum absolute atomic E-state index is 0. The van der Waals surface area contributed by atoms with Gasteiger partial charge < -0.3 is 5.73 Å². The zero-order valence-electron chi connectivity index (χ0n) is 6.61. The van der Waals surface area contributed by atoms with Crippen LogP contribution in [0.3, 0.4) is 0 Å². The molecule has 0 aliphatic rings. The largest absolute Gasteiger partial charge is 0.382 e. The van der Waals surface area contributed by atoms with Gasteiger partial charge in [0.2, 0.25) is 0 Å². The number of fused-ring (bicyclic) bond motifs is 1. The van der Waals surface area contributed by atoms with Crippen LogP contribution >= 0.6 is 12.4 Å². The topological polar surface area (TPSA) is 91.4 Å². The predicted octanol–water partition coefficient (Wildman–Crippen LogP) is 0.664. The van der Waals surface area contributed by atoms with Crippen LogP contribution in [0.4, 0.5) is 0 Å². The normalized spacial score (nSPS) is 9.54. The van der Waals surface area contributed by atoms with E-state index in [4.69, 9.17) is 11.1 Å². The molecular formula is C7H8ClN5. The predicted molar refractivity (Wildman–Crippen MR) is 52.2 cm³/mol. The highest BCUT2D eigenvalue weighted by Gasteiger charge is 2.06. The van der Waals surface area contributed by atoms with E-state index in [9.17, 15) is 0 Å². The first-order chi connectivity index (χ1) is 5.79. The van der Waals surface area contributed by atoms with Gasteiger partial charge in [-0.3, -0.25) is 10.5 Å². The van der Waals surface area contributed by atoms with Crippen LogP contribution in [-0.2, 0) is 0 Å². The second kappa shape index (κ2) is 3.40. The van der Waals surface area contributed by atoms with Gasteiger partial charge in [-0.2, -0.15) is 5.10 Å². The molecule has 0 bridgehead atoms. The summed E-state index contributed by atoms with van der Waals surface area (Å²) in [5, 5.41) is 14.5. The molecule has 0 aromatic carbocycles. The fourth-order valence-electron chi connectivity index (χ4n) is 1.06. The summed E-state index contributed by atoms with van der Waals surface area (Å²) >= 11 is 0. The lowest BCUT2D eigenvalue weighted by molar-refractivity contribution is 1.08. The summed E-state index contributed by atoms with van der Waals surface area (Å²) in [6.45, 7) is 0. The Hall–Kier alpha value is -1.62. The number of nitrogen functional groups attached to an aromatic ring is 1. The Kier molecular flexibility index (Phi) is 2.48.